The lowest BCUT2D eigenvalue weighted by Crippen LogP contribution is -2.60. The van der Waals surface area contributed by atoms with Crippen molar-refractivity contribution in [2.24, 2.45) is 5.92 Å². The zero-order valence-corrected chi connectivity index (χ0v) is 20.2. The lowest BCUT2D eigenvalue weighted by Gasteiger charge is -2.37. The van der Waals surface area contributed by atoms with E-state index in [-0.39, 0.29) is 30.5 Å². The summed E-state index contributed by atoms with van der Waals surface area (Å²) in [5, 5.41) is 12.5. The third kappa shape index (κ3) is 3.77. The van der Waals surface area contributed by atoms with Crippen LogP contribution in [0.2, 0.25) is 0 Å². The van der Waals surface area contributed by atoms with Gasteiger partial charge in [0.2, 0.25) is 5.91 Å². The van der Waals surface area contributed by atoms with Gasteiger partial charge in [0.05, 0.1) is 5.92 Å². The van der Waals surface area contributed by atoms with E-state index in [9.17, 15) is 19.5 Å². The van der Waals surface area contributed by atoms with Crippen molar-refractivity contribution >= 4 is 18.0 Å². The normalized spacial score (nSPS) is 22.6. The number of carboxylic acid groups (broad SMARTS) is 1. The molecule has 7 heteroatoms. The van der Waals surface area contributed by atoms with E-state index in [1.54, 1.807) is 4.90 Å². The molecule has 1 aliphatic carbocycles. The molecule has 2 aromatic carbocycles. The number of carbonyl (C=O) groups excluding carboxylic acids is 2. The van der Waals surface area contributed by atoms with Crippen molar-refractivity contribution in [1.29, 1.82) is 0 Å². The van der Waals surface area contributed by atoms with E-state index in [1.165, 1.54) is 0 Å². The number of benzene rings is 2. The highest BCUT2D eigenvalue weighted by Crippen LogP contribution is 2.45. The first kappa shape index (κ1) is 23.4. The van der Waals surface area contributed by atoms with Crippen molar-refractivity contribution in [2.75, 3.05) is 6.61 Å². The van der Waals surface area contributed by atoms with Gasteiger partial charge in [-0.25, -0.2) is 4.79 Å². The predicted molar refractivity (Wildman–Crippen MR) is 131 cm³/mol. The molecule has 2 saturated heterocycles. The van der Waals surface area contributed by atoms with Crippen molar-refractivity contribution in [2.45, 2.75) is 69.5 Å². The molecule has 3 unspecified atom stereocenters. The topological polar surface area (TPSA) is 95.9 Å². The van der Waals surface area contributed by atoms with E-state index >= 15 is 0 Å². The molecule has 35 heavy (non-hydrogen) atoms. The molecule has 3 aliphatic rings. The first-order valence-electron chi connectivity index (χ1n) is 12.6. The Morgan fingerprint density at radius 2 is 1.60 bits per heavy atom. The molecule has 0 radical (unpaired) electrons. The number of rotatable bonds is 7. The van der Waals surface area contributed by atoms with Gasteiger partial charge in [-0.3, -0.25) is 9.59 Å². The number of fused-ring (bicyclic) bond motifs is 5. The van der Waals surface area contributed by atoms with Gasteiger partial charge in [0, 0.05) is 18.0 Å². The fourth-order valence-electron chi connectivity index (χ4n) is 6.43. The molecule has 0 spiro atoms. The Hall–Kier alpha value is -3.35. The van der Waals surface area contributed by atoms with Gasteiger partial charge in [0.1, 0.15) is 12.1 Å². The standard InChI is InChI=1S/C28H32N2O5/c1-3-28(4-2,26(33)30-17-13-14-24(30)22(15-17)25(31)32)29-27(34)35-16-23-20-11-7-5-9-18(20)19-10-6-8-12-21(19)23/h5-12,17,22-24H,3-4,13-16H2,1-2H3,(H,29,34)(H,31,32). The van der Waals surface area contributed by atoms with Gasteiger partial charge < -0.3 is 20.1 Å². The number of alkyl carbamates (subject to hydrolysis) is 1. The summed E-state index contributed by atoms with van der Waals surface area (Å²) in [6.07, 6.45) is 2.18. The van der Waals surface area contributed by atoms with Crippen LogP contribution in [0.15, 0.2) is 48.5 Å². The monoisotopic (exact) mass is 476 g/mol. The number of hydrogen-bond acceptors (Lipinski definition) is 4. The van der Waals surface area contributed by atoms with E-state index in [0.29, 0.717) is 25.7 Å². The molecule has 2 bridgehead atoms. The Morgan fingerprint density at radius 3 is 2.14 bits per heavy atom. The van der Waals surface area contributed by atoms with E-state index in [4.69, 9.17) is 4.74 Å². The number of hydrogen-bond donors (Lipinski definition) is 2. The number of nitrogens with one attached hydrogen (secondary N) is 1. The molecule has 2 amide bonds. The number of ether oxygens (including phenoxy) is 1. The van der Waals surface area contributed by atoms with Gasteiger partial charge in [-0.05, 0) is 54.4 Å². The number of carboxylic acids is 1. The van der Waals surface area contributed by atoms with Gasteiger partial charge in [-0.2, -0.15) is 0 Å². The minimum absolute atomic E-state index is 0.0627. The molecule has 0 aromatic heterocycles. The van der Waals surface area contributed by atoms with Gasteiger partial charge in [0.15, 0.2) is 0 Å². The van der Waals surface area contributed by atoms with Crippen LogP contribution in [0.3, 0.4) is 0 Å². The summed E-state index contributed by atoms with van der Waals surface area (Å²) in [6.45, 7) is 3.92. The third-order valence-electron chi connectivity index (χ3n) is 8.39. The third-order valence-corrected chi connectivity index (χ3v) is 8.39. The predicted octanol–water partition coefficient (Wildman–Crippen LogP) is 4.55. The number of carbonyl (C=O) groups is 3. The minimum atomic E-state index is -1.11. The van der Waals surface area contributed by atoms with Crippen molar-refractivity contribution in [3.8, 4) is 11.1 Å². The Bertz CT molecular complexity index is 1110. The summed E-state index contributed by atoms with van der Waals surface area (Å²) in [7, 11) is 0. The lowest BCUT2D eigenvalue weighted by molar-refractivity contribution is -0.144. The van der Waals surface area contributed by atoms with Gasteiger partial charge in [0.25, 0.3) is 0 Å². The van der Waals surface area contributed by atoms with Crippen LogP contribution in [0.1, 0.15) is 63.0 Å². The summed E-state index contributed by atoms with van der Waals surface area (Å²) >= 11 is 0. The van der Waals surface area contributed by atoms with E-state index < -0.39 is 23.5 Å². The first-order valence-corrected chi connectivity index (χ1v) is 12.6. The molecular weight excluding hydrogens is 444 g/mol. The molecule has 2 fully saturated rings. The summed E-state index contributed by atoms with van der Waals surface area (Å²) in [4.78, 5) is 40.2. The van der Waals surface area contributed by atoms with Crippen molar-refractivity contribution in [3.05, 3.63) is 59.7 Å². The number of amides is 2. The first-order chi connectivity index (χ1) is 16.9. The van der Waals surface area contributed by atoms with Crippen LogP contribution in [0.25, 0.3) is 11.1 Å². The van der Waals surface area contributed by atoms with E-state index in [0.717, 1.165) is 28.7 Å². The SMILES string of the molecule is CCC(CC)(NC(=O)OCC1c2ccccc2-c2ccccc21)C(=O)N1C2CCC1C(C(=O)O)C2. The molecule has 2 aliphatic heterocycles. The Morgan fingerprint density at radius 1 is 1.00 bits per heavy atom. The van der Waals surface area contributed by atoms with Crippen LogP contribution in [-0.2, 0) is 14.3 Å². The van der Waals surface area contributed by atoms with Gasteiger partial charge >= 0.3 is 12.1 Å². The maximum Gasteiger partial charge on any atom is 0.408 e. The molecule has 184 valence electrons. The van der Waals surface area contributed by atoms with E-state index in [1.807, 2.05) is 38.1 Å². The van der Waals surface area contributed by atoms with Crippen LogP contribution in [0, 0.1) is 5.92 Å². The van der Waals surface area contributed by atoms with Gasteiger partial charge in [-0.1, -0.05) is 62.4 Å². The average Bonchev–Trinajstić information content (AvgIpc) is 3.55. The van der Waals surface area contributed by atoms with Crippen LogP contribution in [0.5, 0.6) is 0 Å². The highest BCUT2D eigenvalue weighted by atomic mass is 16.5. The Labute approximate surface area is 205 Å². The fourth-order valence-corrected chi connectivity index (χ4v) is 6.43. The quantitative estimate of drug-likeness (QED) is 0.611. The van der Waals surface area contributed by atoms with Crippen LogP contribution < -0.4 is 5.32 Å². The molecule has 0 saturated carbocycles. The zero-order valence-electron chi connectivity index (χ0n) is 20.2. The van der Waals surface area contributed by atoms with Crippen molar-refractivity contribution < 1.29 is 24.2 Å². The smallest absolute Gasteiger partial charge is 0.408 e. The second-order valence-electron chi connectivity index (χ2n) is 9.93. The van der Waals surface area contributed by atoms with Crippen LogP contribution >= 0.6 is 0 Å². The Balaban J connectivity index is 1.30. The van der Waals surface area contributed by atoms with Crippen molar-refractivity contribution in [3.63, 3.8) is 0 Å². The highest BCUT2D eigenvalue weighted by Gasteiger charge is 2.55. The molecule has 5 rings (SSSR count). The Kier molecular flexibility index (Phi) is 6.03. The maximum atomic E-state index is 13.7. The molecule has 3 atom stereocenters. The second kappa shape index (κ2) is 9.02. The lowest BCUT2D eigenvalue weighted by atomic mass is 9.89. The fraction of sp³-hybridized carbons (Fsp3) is 0.464. The van der Waals surface area contributed by atoms with Crippen LogP contribution in [-0.4, -0.2) is 52.2 Å². The average molecular weight is 477 g/mol. The second-order valence-corrected chi connectivity index (χ2v) is 9.93. The molecule has 7 nitrogen and oxygen atoms in total. The molecule has 2 heterocycles. The highest BCUT2D eigenvalue weighted by molar-refractivity contribution is 5.91. The summed E-state index contributed by atoms with van der Waals surface area (Å²) in [6, 6.07) is 15.9. The molecule has 2 aromatic rings. The largest absolute Gasteiger partial charge is 0.481 e. The van der Waals surface area contributed by atoms with Crippen LogP contribution in [0.4, 0.5) is 4.79 Å². The minimum Gasteiger partial charge on any atom is -0.481 e. The van der Waals surface area contributed by atoms with E-state index in [2.05, 4.69) is 29.6 Å². The number of nitrogens with zero attached hydrogens (tertiary/aromatic N) is 1. The summed E-state index contributed by atoms with van der Waals surface area (Å²) in [5.41, 5.74) is 3.45. The summed E-state index contributed by atoms with van der Waals surface area (Å²) < 4.78 is 5.73. The molecular formula is C28H32N2O5. The van der Waals surface area contributed by atoms with Crippen molar-refractivity contribution in [1.82, 2.24) is 10.2 Å². The number of aliphatic carboxylic acids is 1. The van der Waals surface area contributed by atoms with Gasteiger partial charge in [-0.15, -0.1) is 0 Å². The zero-order chi connectivity index (χ0) is 24.7. The maximum absolute atomic E-state index is 13.7. The molecule has 2 N–H and O–H groups in total. The summed E-state index contributed by atoms with van der Waals surface area (Å²) in [5.74, 6) is -1.63.